The van der Waals surface area contributed by atoms with E-state index in [9.17, 15) is 9.59 Å². The van der Waals surface area contributed by atoms with Crippen molar-refractivity contribution in [3.63, 3.8) is 0 Å². The van der Waals surface area contributed by atoms with Gasteiger partial charge >= 0.3 is 0 Å². The molecule has 0 bridgehead atoms. The molecule has 0 aliphatic heterocycles. The highest BCUT2D eigenvalue weighted by molar-refractivity contribution is 7.99. The van der Waals surface area contributed by atoms with Crippen LogP contribution in [-0.4, -0.2) is 25.4 Å². The Morgan fingerprint density at radius 1 is 1.04 bits per heavy atom. The van der Waals surface area contributed by atoms with Gasteiger partial charge in [0.1, 0.15) is 18.3 Å². The van der Waals surface area contributed by atoms with Crippen molar-refractivity contribution < 1.29 is 14.3 Å². The number of ether oxygens (including phenoxy) is 1. The van der Waals surface area contributed by atoms with Gasteiger partial charge in [0.25, 0.3) is 0 Å². The third-order valence-electron chi connectivity index (χ3n) is 5.38. The lowest BCUT2D eigenvalue weighted by Gasteiger charge is -2.26. The van der Waals surface area contributed by atoms with E-state index < -0.39 is 0 Å². The maximum Gasteiger partial charge on any atom is 0.150 e. The fourth-order valence-corrected chi connectivity index (χ4v) is 4.53. The summed E-state index contributed by atoms with van der Waals surface area (Å²) in [5.41, 5.74) is 2.59. The first-order valence-electron chi connectivity index (χ1n) is 9.94. The molecule has 0 saturated carbocycles. The molecule has 0 N–H and O–H groups in total. The Balaban J connectivity index is 2.20. The second-order valence-electron chi connectivity index (χ2n) is 7.14. The summed E-state index contributed by atoms with van der Waals surface area (Å²) in [5.74, 6) is 1.69. The van der Waals surface area contributed by atoms with E-state index >= 15 is 0 Å². The number of benzene rings is 2. The fraction of sp³-hybridized carbons (Fsp3) is 0.417. The molecule has 0 fully saturated rings. The zero-order valence-electron chi connectivity index (χ0n) is 17.1. The van der Waals surface area contributed by atoms with Gasteiger partial charge < -0.3 is 9.53 Å². The molecule has 0 amide bonds. The minimum atomic E-state index is -0.207. The molecule has 0 heterocycles. The number of aldehydes is 2. The van der Waals surface area contributed by atoms with Crippen LogP contribution >= 0.6 is 11.8 Å². The molecule has 150 valence electrons. The summed E-state index contributed by atoms with van der Waals surface area (Å²) in [7, 11) is 1.66. The lowest BCUT2D eigenvalue weighted by atomic mass is 9.79. The molecule has 4 heteroatoms. The van der Waals surface area contributed by atoms with Crippen molar-refractivity contribution in [1.29, 1.82) is 0 Å². The minimum absolute atomic E-state index is 0.207. The van der Waals surface area contributed by atoms with Gasteiger partial charge in [0, 0.05) is 15.9 Å². The van der Waals surface area contributed by atoms with Gasteiger partial charge in [-0.15, -0.1) is 11.8 Å². The van der Waals surface area contributed by atoms with Crippen LogP contribution in [0, 0.1) is 5.41 Å². The molecule has 0 spiro atoms. The molecule has 0 aliphatic rings. The Kier molecular flexibility index (Phi) is 8.78. The van der Waals surface area contributed by atoms with Crippen LogP contribution < -0.4 is 4.74 Å². The molecule has 2 rings (SSSR count). The van der Waals surface area contributed by atoms with Crippen molar-refractivity contribution in [2.75, 3.05) is 12.9 Å². The summed E-state index contributed by atoms with van der Waals surface area (Å²) < 4.78 is 5.40. The van der Waals surface area contributed by atoms with E-state index in [0.29, 0.717) is 5.56 Å². The zero-order chi connectivity index (χ0) is 20.4. The van der Waals surface area contributed by atoms with Gasteiger partial charge in [0.2, 0.25) is 0 Å². The largest absolute Gasteiger partial charge is 0.497 e. The van der Waals surface area contributed by atoms with Gasteiger partial charge in [-0.2, -0.15) is 0 Å². The molecule has 3 nitrogen and oxygen atoms in total. The number of carbonyl (C=O) groups excluding carboxylic acids is 2. The third kappa shape index (κ3) is 5.71. The molecule has 0 saturated heterocycles. The standard InChI is InChI=1S/C24H30O3S/c1-4-6-13-24(5-2,18-26)14-15-28-23-12-11-21(27-3)16-22(23)20-9-7-19(17-25)8-10-20/h7-12,16-18H,4-6,13-15H2,1-3H3. The first-order valence-corrected chi connectivity index (χ1v) is 10.9. The average molecular weight is 399 g/mol. The number of rotatable bonds is 12. The van der Waals surface area contributed by atoms with Crippen molar-refractivity contribution in [3.8, 4) is 16.9 Å². The normalized spacial score (nSPS) is 13.0. The van der Waals surface area contributed by atoms with Crippen molar-refractivity contribution in [1.82, 2.24) is 0 Å². The van der Waals surface area contributed by atoms with E-state index in [1.165, 1.54) is 6.29 Å². The van der Waals surface area contributed by atoms with Crippen LogP contribution in [0.3, 0.4) is 0 Å². The Morgan fingerprint density at radius 2 is 1.79 bits per heavy atom. The van der Waals surface area contributed by atoms with Crippen LogP contribution in [0.15, 0.2) is 47.4 Å². The summed E-state index contributed by atoms with van der Waals surface area (Å²) in [6.45, 7) is 4.28. The lowest BCUT2D eigenvalue weighted by Crippen LogP contribution is -2.22. The van der Waals surface area contributed by atoms with E-state index in [1.807, 2.05) is 36.4 Å². The molecule has 1 unspecified atom stereocenters. The molecule has 1 atom stereocenters. The van der Waals surface area contributed by atoms with Gasteiger partial charge in [0.05, 0.1) is 7.11 Å². The highest BCUT2D eigenvalue weighted by atomic mass is 32.2. The van der Waals surface area contributed by atoms with Gasteiger partial charge in [-0.25, -0.2) is 0 Å². The van der Waals surface area contributed by atoms with Gasteiger partial charge in [0.15, 0.2) is 0 Å². The van der Waals surface area contributed by atoms with Crippen molar-refractivity contribution >= 4 is 24.3 Å². The number of thioether (sulfide) groups is 1. The number of hydrogen-bond acceptors (Lipinski definition) is 4. The third-order valence-corrected chi connectivity index (χ3v) is 6.46. The van der Waals surface area contributed by atoms with E-state index in [0.717, 1.165) is 65.9 Å². The quantitative estimate of drug-likeness (QED) is 0.305. The first-order chi connectivity index (χ1) is 13.6. The topological polar surface area (TPSA) is 43.4 Å². The summed E-state index contributed by atoms with van der Waals surface area (Å²) in [4.78, 5) is 23.9. The van der Waals surface area contributed by atoms with Crippen molar-refractivity contribution in [2.45, 2.75) is 50.8 Å². The molecule has 0 aromatic heterocycles. The van der Waals surface area contributed by atoms with Crippen LogP contribution in [0.4, 0.5) is 0 Å². The van der Waals surface area contributed by atoms with Crippen molar-refractivity contribution in [2.24, 2.45) is 5.41 Å². The Hall–Kier alpha value is -2.07. The van der Waals surface area contributed by atoms with E-state index in [2.05, 4.69) is 19.9 Å². The van der Waals surface area contributed by atoms with Gasteiger partial charge in [-0.05, 0) is 54.3 Å². The van der Waals surface area contributed by atoms with Crippen LogP contribution in [-0.2, 0) is 4.79 Å². The summed E-state index contributed by atoms with van der Waals surface area (Å²) in [6.07, 6.45) is 6.97. The number of carbonyl (C=O) groups is 2. The minimum Gasteiger partial charge on any atom is -0.497 e. The second kappa shape index (κ2) is 11.1. The maximum absolute atomic E-state index is 11.8. The summed E-state index contributed by atoms with van der Waals surface area (Å²) in [5, 5.41) is 0. The average Bonchev–Trinajstić information content (AvgIpc) is 2.76. The first kappa shape index (κ1) is 22.2. The monoisotopic (exact) mass is 398 g/mol. The Morgan fingerprint density at radius 3 is 2.36 bits per heavy atom. The predicted octanol–water partition coefficient (Wildman–Crippen LogP) is 6.44. The van der Waals surface area contributed by atoms with Crippen LogP contribution in [0.2, 0.25) is 0 Å². The van der Waals surface area contributed by atoms with Gasteiger partial charge in [-0.1, -0.05) is 51.0 Å². The Labute approximate surface area is 172 Å². The molecule has 0 radical (unpaired) electrons. The van der Waals surface area contributed by atoms with Crippen LogP contribution in [0.5, 0.6) is 5.75 Å². The Bertz CT molecular complexity index is 770. The SMILES string of the molecule is CCCCC(C=O)(CC)CCSc1ccc(OC)cc1-c1ccc(C=O)cc1. The van der Waals surface area contributed by atoms with E-state index in [-0.39, 0.29) is 5.41 Å². The molecular formula is C24H30O3S. The molecular weight excluding hydrogens is 368 g/mol. The summed E-state index contributed by atoms with van der Waals surface area (Å²) >= 11 is 1.78. The number of hydrogen-bond donors (Lipinski definition) is 0. The van der Waals surface area contributed by atoms with Gasteiger partial charge in [-0.3, -0.25) is 4.79 Å². The van der Waals surface area contributed by atoms with E-state index in [4.69, 9.17) is 4.74 Å². The zero-order valence-corrected chi connectivity index (χ0v) is 17.9. The lowest BCUT2D eigenvalue weighted by molar-refractivity contribution is -0.117. The second-order valence-corrected chi connectivity index (χ2v) is 8.27. The number of methoxy groups -OCH3 is 1. The maximum atomic E-state index is 11.8. The molecule has 0 aliphatic carbocycles. The van der Waals surface area contributed by atoms with E-state index in [1.54, 1.807) is 18.9 Å². The molecule has 28 heavy (non-hydrogen) atoms. The highest BCUT2D eigenvalue weighted by Gasteiger charge is 2.26. The predicted molar refractivity (Wildman–Crippen MR) is 117 cm³/mol. The number of unbranched alkanes of at least 4 members (excludes halogenated alkanes) is 1. The molecule has 2 aromatic rings. The van der Waals surface area contributed by atoms with Crippen molar-refractivity contribution in [3.05, 3.63) is 48.0 Å². The van der Waals surface area contributed by atoms with Crippen LogP contribution in [0.1, 0.15) is 56.3 Å². The van der Waals surface area contributed by atoms with Crippen LogP contribution in [0.25, 0.3) is 11.1 Å². The summed E-state index contributed by atoms with van der Waals surface area (Å²) in [6, 6.07) is 13.7. The fourth-order valence-electron chi connectivity index (χ4n) is 3.30. The molecule has 2 aromatic carbocycles. The highest BCUT2D eigenvalue weighted by Crippen LogP contribution is 2.38. The smallest absolute Gasteiger partial charge is 0.150 e.